The number of nitrogens with zero attached hydrogens (tertiary/aromatic N) is 2. The zero-order chi connectivity index (χ0) is 14.3. The van der Waals surface area contributed by atoms with Gasteiger partial charge in [0.05, 0.1) is 6.20 Å². The first kappa shape index (κ1) is 15.2. The molecule has 4 heteroatoms. The van der Waals surface area contributed by atoms with Crippen LogP contribution in [-0.4, -0.2) is 35.3 Å². The van der Waals surface area contributed by atoms with Crippen molar-refractivity contribution in [1.82, 2.24) is 9.88 Å². The molecule has 1 unspecified atom stereocenters. The molecule has 0 radical (unpaired) electrons. The summed E-state index contributed by atoms with van der Waals surface area (Å²) in [6, 6.07) is 2.66. The molecule has 0 aliphatic rings. The maximum Gasteiger partial charge on any atom is 0.185 e. The molecule has 0 saturated heterocycles. The standard InChI is InChI=1S/C15H19FN2O/c1-4-8-18(9-5-2)11-12(3)15(19)14-7-6-13(16)10-17-14/h4-7,10,12H,1-2,8-9,11H2,3H3. The summed E-state index contributed by atoms with van der Waals surface area (Å²) in [7, 11) is 0. The van der Waals surface area contributed by atoms with E-state index in [4.69, 9.17) is 0 Å². The van der Waals surface area contributed by atoms with Crippen LogP contribution in [-0.2, 0) is 0 Å². The first-order chi connectivity index (χ1) is 9.08. The van der Waals surface area contributed by atoms with Crippen LogP contribution in [0.2, 0.25) is 0 Å². The minimum atomic E-state index is -0.441. The van der Waals surface area contributed by atoms with Gasteiger partial charge in [-0.1, -0.05) is 19.1 Å². The number of ketones is 1. The Kier molecular flexibility index (Phi) is 6.09. The Morgan fingerprint density at radius 3 is 2.53 bits per heavy atom. The van der Waals surface area contributed by atoms with Crippen LogP contribution in [0.4, 0.5) is 4.39 Å². The van der Waals surface area contributed by atoms with E-state index in [1.54, 1.807) is 12.2 Å². The summed E-state index contributed by atoms with van der Waals surface area (Å²) >= 11 is 0. The van der Waals surface area contributed by atoms with E-state index in [2.05, 4.69) is 23.0 Å². The highest BCUT2D eigenvalue weighted by Gasteiger charge is 2.18. The molecule has 0 aromatic carbocycles. The zero-order valence-electron chi connectivity index (χ0n) is 11.2. The van der Waals surface area contributed by atoms with E-state index in [1.165, 1.54) is 12.1 Å². The molecule has 0 spiro atoms. The first-order valence-electron chi connectivity index (χ1n) is 6.18. The summed E-state index contributed by atoms with van der Waals surface area (Å²) in [4.78, 5) is 18.0. The van der Waals surface area contributed by atoms with E-state index in [1.807, 2.05) is 6.92 Å². The first-order valence-corrected chi connectivity index (χ1v) is 6.18. The molecule has 1 aromatic heterocycles. The van der Waals surface area contributed by atoms with E-state index < -0.39 is 5.82 Å². The fourth-order valence-electron chi connectivity index (χ4n) is 1.83. The monoisotopic (exact) mass is 262 g/mol. The minimum absolute atomic E-state index is 0.0851. The largest absolute Gasteiger partial charge is 0.295 e. The third-order valence-electron chi connectivity index (χ3n) is 2.73. The summed E-state index contributed by atoms with van der Waals surface area (Å²) < 4.78 is 12.8. The molecule has 0 N–H and O–H groups in total. The molecule has 19 heavy (non-hydrogen) atoms. The second-order valence-electron chi connectivity index (χ2n) is 4.42. The lowest BCUT2D eigenvalue weighted by molar-refractivity contribution is 0.0897. The van der Waals surface area contributed by atoms with E-state index in [9.17, 15) is 9.18 Å². The highest BCUT2D eigenvalue weighted by molar-refractivity contribution is 5.95. The number of hydrogen-bond donors (Lipinski definition) is 0. The van der Waals surface area contributed by atoms with Crippen LogP contribution in [0.3, 0.4) is 0 Å². The summed E-state index contributed by atoms with van der Waals surface area (Å²) in [5, 5.41) is 0. The van der Waals surface area contributed by atoms with Gasteiger partial charge in [-0.05, 0) is 12.1 Å². The number of rotatable bonds is 8. The predicted octanol–water partition coefficient (Wildman–Crippen LogP) is 2.71. The van der Waals surface area contributed by atoms with Crippen molar-refractivity contribution < 1.29 is 9.18 Å². The Morgan fingerprint density at radius 1 is 1.42 bits per heavy atom. The second-order valence-corrected chi connectivity index (χ2v) is 4.42. The van der Waals surface area contributed by atoms with Crippen molar-refractivity contribution in [2.24, 2.45) is 5.92 Å². The van der Waals surface area contributed by atoms with Crippen LogP contribution in [0.1, 0.15) is 17.4 Å². The van der Waals surface area contributed by atoms with Crippen molar-refractivity contribution in [1.29, 1.82) is 0 Å². The van der Waals surface area contributed by atoms with Crippen molar-refractivity contribution >= 4 is 5.78 Å². The number of carbonyl (C=O) groups is 1. The highest BCUT2D eigenvalue weighted by atomic mass is 19.1. The molecule has 0 aliphatic carbocycles. The molecule has 1 heterocycles. The van der Waals surface area contributed by atoms with Gasteiger partial charge in [0.15, 0.2) is 5.78 Å². The Morgan fingerprint density at radius 2 is 2.05 bits per heavy atom. The van der Waals surface area contributed by atoms with Gasteiger partial charge in [-0.15, -0.1) is 13.2 Å². The smallest absolute Gasteiger partial charge is 0.185 e. The lowest BCUT2D eigenvalue weighted by Crippen LogP contribution is -2.32. The van der Waals surface area contributed by atoms with Crippen molar-refractivity contribution in [3.8, 4) is 0 Å². The fourth-order valence-corrected chi connectivity index (χ4v) is 1.83. The third-order valence-corrected chi connectivity index (χ3v) is 2.73. The number of halogens is 1. The molecule has 1 rings (SSSR count). The van der Waals surface area contributed by atoms with Crippen LogP contribution in [0.5, 0.6) is 0 Å². The van der Waals surface area contributed by atoms with Gasteiger partial charge >= 0.3 is 0 Å². The molecular formula is C15H19FN2O. The van der Waals surface area contributed by atoms with Gasteiger partial charge in [-0.3, -0.25) is 14.7 Å². The van der Waals surface area contributed by atoms with Crippen molar-refractivity contribution in [3.63, 3.8) is 0 Å². The van der Waals surface area contributed by atoms with Gasteiger partial charge in [0.2, 0.25) is 0 Å². The van der Waals surface area contributed by atoms with Gasteiger partial charge in [-0.25, -0.2) is 4.39 Å². The van der Waals surface area contributed by atoms with Gasteiger partial charge in [0.1, 0.15) is 11.5 Å². The Hall–Kier alpha value is -1.81. The maximum absolute atomic E-state index is 12.8. The molecule has 0 aliphatic heterocycles. The Bertz CT molecular complexity index is 432. The normalized spacial score (nSPS) is 12.2. The van der Waals surface area contributed by atoms with Gasteiger partial charge < -0.3 is 0 Å². The fraction of sp³-hybridized carbons (Fsp3) is 0.333. The molecule has 1 atom stereocenters. The van der Waals surface area contributed by atoms with Crippen molar-refractivity contribution in [2.75, 3.05) is 19.6 Å². The van der Waals surface area contributed by atoms with Crippen LogP contribution >= 0.6 is 0 Å². The Labute approximate surface area is 113 Å². The quantitative estimate of drug-likeness (QED) is 0.533. The molecule has 1 aromatic rings. The van der Waals surface area contributed by atoms with Crippen LogP contribution in [0.15, 0.2) is 43.6 Å². The van der Waals surface area contributed by atoms with Gasteiger partial charge in [0.25, 0.3) is 0 Å². The number of Topliss-reactive ketones (excluding diaryl/α,β-unsaturated/α-hetero) is 1. The summed E-state index contributed by atoms with van der Waals surface area (Å²) in [5.74, 6) is -0.736. The third kappa shape index (κ3) is 4.75. The molecule has 3 nitrogen and oxygen atoms in total. The molecule has 0 saturated carbocycles. The van der Waals surface area contributed by atoms with Crippen LogP contribution < -0.4 is 0 Å². The molecular weight excluding hydrogens is 243 g/mol. The van der Waals surface area contributed by atoms with E-state index in [0.717, 1.165) is 6.20 Å². The van der Waals surface area contributed by atoms with E-state index in [-0.39, 0.29) is 11.7 Å². The second kappa shape index (κ2) is 7.59. The van der Waals surface area contributed by atoms with Gasteiger partial charge in [-0.2, -0.15) is 0 Å². The lowest BCUT2D eigenvalue weighted by Gasteiger charge is -2.22. The molecule has 102 valence electrons. The Balaban J connectivity index is 2.67. The van der Waals surface area contributed by atoms with Crippen molar-refractivity contribution in [2.45, 2.75) is 6.92 Å². The van der Waals surface area contributed by atoms with Crippen LogP contribution in [0, 0.1) is 11.7 Å². The highest BCUT2D eigenvalue weighted by Crippen LogP contribution is 2.09. The number of pyridine rings is 1. The zero-order valence-corrected chi connectivity index (χ0v) is 11.2. The molecule has 0 amide bonds. The average molecular weight is 262 g/mol. The lowest BCUT2D eigenvalue weighted by atomic mass is 10.0. The van der Waals surface area contributed by atoms with Crippen LogP contribution in [0.25, 0.3) is 0 Å². The van der Waals surface area contributed by atoms with E-state index >= 15 is 0 Å². The molecule has 0 fully saturated rings. The summed E-state index contributed by atoms with van der Waals surface area (Å²) in [6.45, 7) is 11.2. The maximum atomic E-state index is 12.8. The number of hydrogen-bond acceptors (Lipinski definition) is 3. The SMILES string of the molecule is C=CCN(CC=C)CC(C)C(=O)c1ccc(F)cn1. The summed E-state index contributed by atoms with van der Waals surface area (Å²) in [6.07, 6.45) is 4.64. The average Bonchev–Trinajstić information content (AvgIpc) is 2.39. The predicted molar refractivity (Wildman–Crippen MR) is 74.5 cm³/mol. The van der Waals surface area contributed by atoms with E-state index in [0.29, 0.717) is 25.3 Å². The number of aromatic nitrogens is 1. The van der Waals surface area contributed by atoms with Gasteiger partial charge in [0, 0.05) is 25.6 Å². The topological polar surface area (TPSA) is 33.2 Å². The number of carbonyl (C=O) groups excluding carboxylic acids is 1. The minimum Gasteiger partial charge on any atom is -0.295 e. The van der Waals surface area contributed by atoms with Crippen molar-refractivity contribution in [3.05, 3.63) is 55.2 Å². The molecule has 0 bridgehead atoms. The summed E-state index contributed by atoms with van der Waals surface area (Å²) in [5.41, 5.74) is 0.297.